The largest absolute Gasteiger partial charge is 0.361 e. The molecule has 0 spiro atoms. The Morgan fingerprint density at radius 2 is 2.53 bits per heavy atom. The third-order valence-electron chi connectivity index (χ3n) is 2.25. The summed E-state index contributed by atoms with van der Waals surface area (Å²) < 4.78 is 1.81. The minimum atomic E-state index is 0.707. The van der Waals surface area contributed by atoms with Crippen molar-refractivity contribution < 1.29 is 0 Å². The normalized spacial score (nSPS) is 21.2. The summed E-state index contributed by atoms with van der Waals surface area (Å²) in [4.78, 5) is 4.47. The smallest absolute Gasteiger partial charge is 0.156 e. The number of rotatable bonds is 2. The summed E-state index contributed by atoms with van der Waals surface area (Å²) in [6, 6.07) is 0. The van der Waals surface area contributed by atoms with Gasteiger partial charge in [0.1, 0.15) is 0 Å². The van der Waals surface area contributed by atoms with E-state index in [4.69, 9.17) is 0 Å². The fourth-order valence-electron chi connectivity index (χ4n) is 1.41. The summed E-state index contributed by atoms with van der Waals surface area (Å²) in [6.45, 7) is 3.99. The maximum Gasteiger partial charge on any atom is 0.156 e. The molecule has 0 saturated carbocycles. The van der Waals surface area contributed by atoms with E-state index in [1.807, 2.05) is 35.9 Å². The SMILES string of the molecule is CC1CN=C(NCc2cnn(C)c2)SC1. The number of nitrogens with zero attached hydrogens (tertiary/aromatic N) is 3. The fraction of sp³-hybridized carbons (Fsp3) is 0.600. The van der Waals surface area contributed by atoms with Gasteiger partial charge in [0.15, 0.2) is 5.17 Å². The highest BCUT2D eigenvalue weighted by atomic mass is 32.2. The van der Waals surface area contributed by atoms with E-state index in [-0.39, 0.29) is 0 Å². The molecule has 1 aliphatic heterocycles. The van der Waals surface area contributed by atoms with E-state index in [1.54, 1.807) is 0 Å². The molecule has 1 N–H and O–H groups in total. The van der Waals surface area contributed by atoms with Crippen LogP contribution in [0.1, 0.15) is 12.5 Å². The van der Waals surface area contributed by atoms with E-state index in [1.165, 1.54) is 11.3 Å². The molecule has 82 valence electrons. The summed E-state index contributed by atoms with van der Waals surface area (Å²) in [5, 5.41) is 8.52. The molecular formula is C10H16N4S. The standard InChI is InChI=1S/C10H16N4S/c1-8-3-11-10(15-7-8)12-4-9-5-13-14(2)6-9/h5-6,8H,3-4,7H2,1-2H3,(H,11,12). The van der Waals surface area contributed by atoms with Crippen molar-refractivity contribution in [1.82, 2.24) is 15.1 Å². The predicted molar refractivity (Wildman–Crippen MR) is 64.0 cm³/mol. The van der Waals surface area contributed by atoms with Crippen LogP contribution in [-0.4, -0.2) is 27.2 Å². The van der Waals surface area contributed by atoms with Crippen molar-refractivity contribution in [2.45, 2.75) is 13.5 Å². The Morgan fingerprint density at radius 1 is 1.67 bits per heavy atom. The molecule has 1 aliphatic rings. The van der Waals surface area contributed by atoms with Gasteiger partial charge in [-0.05, 0) is 5.92 Å². The second-order valence-electron chi connectivity index (χ2n) is 3.94. The molecule has 15 heavy (non-hydrogen) atoms. The number of nitrogens with one attached hydrogen (secondary N) is 1. The van der Waals surface area contributed by atoms with Crippen molar-refractivity contribution >= 4 is 16.9 Å². The molecule has 1 unspecified atom stereocenters. The van der Waals surface area contributed by atoms with Crippen molar-refractivity contribution in [2.75, 3.05) is 12.3 Å². The molecule has 0 fully saturated rings. The number of thioether (sulfide) groups is 1. The monoisotopic (exact) mass is 224 g/mol. The third kappa shape index (κ3) is 2.99. The summed E-state index contributed by atoms with van der Waals surface area (Å²) in [5.74, 6) is 1.87. The number of hydrogen-bond acceptors (Lipinski definition) is 4. The molecular weight excluding hydrogens is 208 g/mol. The first kappa shape index (κ1) is 10.5. The second kappa shape index (κ2) is 4.70. The van der Waals surface area contributed by atoms with Gasteiger partial charge in [0.25, 0.3) is 0 Å². The van der Waals surface area contributed by atoms with Gasteiger partial charge in [-0.15, -0.1) is 0 Å². The Labute approximate surface area is 94.2 Å². The van der Waals surface area contributed by atoms with Crippen molar-refractivity contribution in [3.8, 4) is 0 Å². The maximum absolute atomic E-state index is 4.47. The van der Waals surface area contributed by atoms with Crippen LogP contribution in [0.4, 0.5) is 0 Å². The molecule has 5 heteroatoms. The lowest BCUT2D eigenvalue weighted by molar-refractivity contribution is 0.669. The first-order chi connectivity index (χ1) is 7.24. The van der Waals surface area contributed by atoms with E-state index >= 15 is 0 Å². The molecule has 0 bridgehead atoms. The molecule has 1 aromatic rings. The molecule has 0 aromatic carbocycles. The molecule has 0 amide bonds. The predicted octanol–water partition coefficient (Wildman–Crippen LogP) is 1.25. The van der Waals surface area contributed by atoms with Crippen LogP contribution in [0.5, 0.6) is 0 Å². The van der Waals surface area contributed by atoms with Crippen molar-refractivity contribution in [3.05, 3.63) is 18.0 Å². The summed E-state index contributed by atoms with van der Waals surface area (Å²) in [6.07, 6.45) is 3.90. The molecule has 0 radical (unpaired) electrons. The van der Waals surface area contributed by atoms with Crippen LogP contribution in [0.2, 0.25) is 0 Å². The highest BCUT2D eigenvalue weighted by Crippen LogP contribution is 2.15. The summed E-state index contributed by atoms with van der Waals surface area (Å²) >= 11 is 1.81. The molecule has 1 atom stereocenters. The molecule has 2 rings (SSSR count). The van der Waals surface area contributed by atoms with Gasteiger partial charge in [-0.3, -0.25) is 9.67 Å². The highest BCUT2D eigenvalue weighted by molar-refractivity contribution is 8.13. The van der Waals surface area contributed by atoms with Crippen LogP contribution in [0.15, 0.2) is 17.4 Å². The number of aromatic nitrogens is 2. The number of aryl methyl sites for hydroxylation is 1. The highest BCUT2D eigenvalue weighted by Gasteiger charge is 2.11. The maximum atomic E-state index is 4.47. The lowest BCUT2D eigenvalue weighted by Gasteiger charge is -2.17. The zero-order valence-corrected chi connectivity index (χ0v) is 9.92. The average molecular weight is 224 g/mol. The van der Waals surface area contributed by atoms with Crippen molar-refractivity contribution in [3.63, 3.8) is 0 Å². The Hall–Kier alpha value is -0.970. The number of amidine groups is 1. The van der Waals surface area contributed by atoms with Gasteiger partial charge in [0.2, 0.25) is 0 Å². The first-order valence-corrected chi connectivity index (χ1v) is 6.11. The van der Waals surface area contributed by atoms with E-state index in [0.29, 0.717) is 5.92 Å². The summed E-state index contributed by atoms with van der Waals surface area (Å²) in [7, 11) is 1.93. The van der Waals surface area contributed by atoms with E-state index in [2.05, 4.69) is 22.3 Å². The molecule has 0 aliphatic carbocycles. The summed E-state index contributed by atoms with van der Waals surface area (Å²) in [5.41, 5.74) is 1.19. The quantitative estimate of drug-likeness (QED) is 0.822. The molecule has 2 heterocycles. The van der Waals surface area contributed by atoms with Crippen LogP contribution >= 0.6 is 11.8 Å². The first-order valence-electron chi connectivity index (χ1n) is 5.12. The van der Waals surface area contributed by atoms with E-state index in [0.717, 1.165) is 18.3 Å². The molecule has 0 saturated heterocycles. The minimum absolute atomic E-state index is 0.707. The molecule has 1 aromatic heterocycles. The van der Waals surface area contributed by atoms with Gasteiger partial charge in [0, 0.05) is 37.7 Å². The van der Waals surface area contributed by atoms with Gasteiger partial charge < -0.3 is 5.32 Å². The van der Waals surface area contributed by atoms with Gasteiger partial charge in [0.05, 0.1) is 6.20 Å². The topological polar surface area (TPSA) is 42.2 Å². The van der Waals surface area contributed by atoms with Crippen LogP contribution in [0.25, 0.3) is 0 Å². The van der Waals surface area contributed by atoms with Gasteiger partial charge in [-0.25, -0.2) is 0 Å². The minimum Gasteiger partial charge on any atom is -0.361 e. The van der Waals surface area contributed by atoms with Crippen LogP contribution < -0.4 is 5.32 Å². The Morgan fingerprint density at radius 3 is 3.13 bits per heavy atom. The lowest BCUT2D eigenvalue weighted by Crippen LogP contribution is -2.25. The van der Waals surface area contributed by atoms with Gasteiger partial charge in [-0.1, -0.05) is 18.7 Å². The van der Waals surface area contributed by atoms with Gasteiger partial charge in [-0.2, -0.15) is 5.10 Å². The fourth-order valence-corrected chi connectivity index (χ4v) is 2.29. The van der Waals surface area contributed by atoms with Crippen LogP contribution in [-0.2, 0) is 13.6 Å². The Bertz CT molecular complexity index is 358. The Kier molecular flexibility index (Phi) is 3.30. The second-order valence-corrected chi connectivity index (χ2v) is 4.95. The Balaban J connectivity index is 1.83. The zero-order valence-electron chi connectivity index (χ0n) is 9.10. The van der Waals surface area contributed by atoms with Crippen molar-refractivity contribution in [1.29, 1.82) is 0 Å². The van der Waals surface area contributed by atoms with Crippen LogP contribution in [0.3, 0.4) is 0 Å². The van der Waals surface area contributed by atoms with Gasteiger partial charge >= 0.3 is 0 Å². The average Bonchev–Trinajstić information content (AvgIpc) is 2.64. The van der Waals surface area contributed by atoms with E-state index in [9.17, 15) is 0 Å². The number of aliphatic imine (C=N–C) groups is 1. The van der Waals surface area contributed by atoms with Crippen LogP contribution in [0, 0.1) is 5.92 Å². The third-order valence-corrected chi connectivity index (χ3v) is 3.54. The van der Waals surface area contributed by atoms with E-state index < -0.39 is 0 Å². The zero-order chi connectivity index (χ0) is 10.7. The van der Waals surface area contributed by atoms with Crippen molar-refractivity contribution in [2.24, 2.45) is 18.0 Å². The lowest BCUT2D eigenvalue weighted by atomic mass is 10.2. The molecule has 4 nitrogen and oxygen atoms in total. The number of hydrogen-bond donors (Lipinski definition) is 1.